The summed E-state index contributed by atoms with van der Waals surface area (Å²) in [7, 11) is 0. The van der Waals surface area contributed by atoms with Crippen LogP contribution in [0, 0.1) is 0 Å². The molecule has 3 nitrogen and oxygen atoms in total. The second-order valence-corrected chi connectivity index (χ2v) is 6.93. The quantitative estimate of drug-likeness (QED) is 0.591. The number of amidine groups is 1. The van der Waals surface area contributed by atoms with E-state index < -0.39 is 11.7 Å². The summed E-state index contributed by atoms with van der Waals surface area (Å²) in [6.07, 6.45) is -2.85. The van der Waals surface area contributed by atoms with Crippen LogP contribution in [0.15, 0.2) is 47.5 Å². The van der Waals surface area contributed by atoms with Gasteiger partial charge in [0.1, 0.15) is 5.84 Å². The maximum absolute atomic E-state index is 13.2. The fourth-order valence-electron chi connectivity index (χ4n) is 3.25. The van der Waals surface area contributed by atoms with Crippen LogP contribution >= 0.6 is 0 Å². The van der Waals surface area contributed by atoms with Crippen molar-refractivity contribution in [2.24, 2.45) is 4.99 Å². The van der Waals surface area contributed by atoms with Crippen LogP contribution in [-0.4, -0.2) is 11.4 Å². The maximum atomic E-state index is 13.2. The molecule has 2 heterocycles. The maximum Gasteiger partial charge on any atom is 0.416 e. The molecule has 0 aliphatic carbocycles. The molecular weight excluding hydrogens is 329 g/mol. The van der Waals surface area contributed by atoms with Gasteiger partial charge in [0, 0.05) is 6.42 Å². The number of nitrogens with zero attached hydrogens (tertiary/aromatic N) is 2. The zero-order valence-corrected chi connectivity index (χ0v) is 13.9. The van der Waals surface area contributed by atoms with E-state index in [9.17, 15) is 13.2 Å². The molecule has 2 aromatic rings. The van der Waals surface area contributed by atoms with Crippen molar-refractivity contribution >= 4 is 17.2 Å². The van der Waals surface area contributed by atoms with Crippen molar-refractivity contribution in [3.63, 3.8) is 0 Å². The molecule has 130 valence electrons. The SMILES string of the molecule is CC1(C)CCC(N2c3ccccc3Oc3ccc(C(F)(F)F)cc32)=N1. The number of hydrogen-bond acceptors (Lipinski definition) is 3. The van der Waals surface area contributed by atoms with E-state index in [0.717, 1.165) is 24.4 Å². The Bertz CT molecular complexity index is 871. The fourth-order valence-corrected chi connectivity index (χ4v) is 3.25. The average Bonchev–Trinajstić information content (AvgIpc) is 2.90. The van der Waals surface area contributed by atoms with E-state index in [2.05, 4.69) is 0 Å². The van der Waals surface area contributed by atoms with Crippen LogP contribution in [0.5, 0.6) is 11.5 Å². The van der Waals surface area contributed by atoms with E-state index >= 15 is 0 Å². The second-order valence-electron chi connectivity index (χ2n) is 6.93. The lowest BCUT2D eigenvalue weighted by Gasteiger charge is -2.33. The Morgan fingerprint density at radius 3 is 2.44 bits per heavy atom. The van der Waals surface area contributed by atoms with Gasteiger partial charge in [0.15, 0.2) is 11.5 Å². The predicted octanol–water partition coefficient (Wildman–Crippen LogP) is 5.92. The van der Waals surface area contributed by atoms with Crippen molar-refractivity contribution in [2.45, 2.75) is 38.4 Å². The number of ether oxygens (including phenoxy) is 1. The highest BCUT2D eigenvalue weighted by Gasteiger charge is 2.37. The summed E-state index contributed by atoms with van der Waals surface area (Å²) in [6.45, 7) is 4.05. The van der Waals surface area contributed by atoms with E-state index in [1.165, 1.54) is 6.07 Å². The smallest absolute Gasteiger partial charge is 0.416 e. The topological polar surface area (TPSA) is 24.8 Å². The Balaban J connectivity index is 1.91. The third kappa shape index (κ3) is 2.75. The molecule has 0 saturated carbocycles. The zero-order valence-electron chi connectivity index (χ0n) is 13.9. The van der Waals surface area contributed by atoms with E-state index in [4.69, 9.17) is 9.73 Å². The Morgan fingerprint density at radius 2 is 1.76 bits per heavy atom. The summed E-state index contributed by atoms with van der Waals surface area (Å²) in [6, 6.07) is 10.9. The fraction of sp³-hybridized carbons (Fsp3) is 0.316. The first-order valence-corrected chi connectivity index (χ1v) is 8.12. The first-order valence-electron chi connectivity index (χ1n) is 8.12. The summed E-state index contributed by atoms with van der Waals surface area (Å²) in [5, 5.41) is 0. The Kier molecular flexibility index (Phi) is 3.36. The summed E-state index contributed by atoms with van der Waals surface area (Å²) < 4.78 is 45.4. The molecule has 2 aliphatic rings. The lowest BCUT2D eigenvalue weighted by molar-refractivity contribution is -0.137. The molecule has 0 unspecified atom stereocenters. The number of hydrogen-bond donors (Lipinski definition) is 0. The van der Waals surface area contributed by atoms with Crippen LogP contribution in [0.1, 0.15) is 32.3 Å². The van der Waals surface area contributed by atoms with Gasteiger partial charge in [-0.2, -0.15) is 13.2 Å². The highest BCUT2D eigenvalue weighted by atomic mass is 19.4. The molecule has 0 atom stereocenters. The van der Waals surface area contributed by atoms with Gasteiger partial charge < -0.3 is 4.74 Å². The standard InChI is InChI=1S/C19H17F3N2O/c1-18(2)10-9-17(23-18)24-13-5-3-4-6-15(13)25-16-8-7-12(11-14(16)24)19(20,21)22/h3-8,11H,9-10H2,1-2H3. The Labute approximate surface area is 143 Å². The Hall–Kier alpha value is -2.50. The van der Waals surface area contributed by atoms with Crippen LogP contribution in [0.2, 0.25) is 0 Å². The van der Waals surface area contributed by atoms with Crippen LogP contribution in [0.3, 0.4) is 0 Å². The number of halogens is 3. The van der Waals surface area contributed by atoms with Gasteiger partial charge in [-0.25, -0.2) is 0 Å². The first kappa shape index (κ1) is 16.0. The number of anilines is 2. The van der Waals surface area contributed by atoms with Crippen LogP contribution in [0.4, 0.5) is 24.5 Å². The van der Waals surface area contributed by atoms with Crippen molar-refractivity contribution in [3.05, 3.63) is 48.0 Å². The molecular formula is C19H17F3N2O. The van der Waals surface area contributed by atoms with Gasteiger partial charge in [0.05, 0.1) is 22.5 Å². The summed E-state index contributed by atoms with van der Waals surface area (Å²) in [5.74, 6) is 1.78. The van der Waals surface area contributed by atoms with Gasteiger partial charge in [0.2, 0.25) is 0 Å². The van der Waals surface area contributed by atoms with Crippen LogP contribution in [0.25, 0.3) is 0 Å². The normalized spacial score (nSPS) is 18.3. The van der Waals surface area contributed by atoms with Crippen molar-refractivity contribution in [1.29, 1.82) is 0 Å². The molecule has 0 saturated heterocycles. The third-order valence-electron chi connectivity index (χ3n) is 4.50. The molecule has 2 aliphatic heterocycles. The van der Waals surface area contributed by atoms with E-state index in [1.54, 1.807) is 4.90 Å². The predicted molar refractivity (Wildman–Crippen MR) is 90.8 cm³/mol. The number of rotatable bonds is 0. The molecule has 0 fully saturated rings. The minimum Gasteiger partial charge on any atom is -0.453 e. The number of benzene rings is 2. The van der Waals surface area contributed by atoms with Gasteiger partial charge in [-0.1, -0.05) is 12.1 Å². The third-order valence-corrected chi connectivity index (χ3v) is 4.50. The molecule has 0 radical (unpaired) electrons. The van der Waals surface area contributed by atoms with Gasteiger partial charge in [0.25, 0.3) is 0 Å². The van der Waals surface area contributed by atoms with Gasteiger partial charge >= 0.3 is 6.18 Å². The number of fused-ring (bicyclic) bond motifs is 2. The Morgan fingerprint density at radius 1 is 1.04 bits per heavy atom. The van der Waals surface area contributed by atoms with Crippen molar-refractivity contribution in [1.82, 2.24) is 0 Å². The molecule has 2 aromatic carbocycles. The number of aliphatic imine (C=N–C) groups is 1. The molecule has 0 aromatic heterocycles. The average molecular weight is 346 g/mol. The van der Waals surface area contributed by atoms with E-state index in [0.29, 0.717) is 29.3 Å². The number of alkyl halides is 3. The van der Waals surface area contributed by atoms with Crippen molar-refractivity contribution < 1.29 is 17.9 Å². The van der Waals surface area contributed by atoms with Gasteiger partial charge in [-0.3, -0.25) is 9.89 Å². The molecule has 0 spiro atoms. The highest BCUT2D eigenvalue weighted by molar-refractivity contribution is 6.08. The molecule has 6 heteroatoms. The second kappa shape index (κ2) is 5.25. The number of para-hydroxylation sites is 2. The summed E-state index contributed by atoms with van der Waals surface area (Å²) in [4.78, 5) is 6.54. The molecule has 25 heavy (non-hydrogen) atoms. The highest BCUT2D eigenvalue weighted by Crippen LogP contribution is 2.49. The molecule has 0 amide bonds. The minimum atomic E-state index is -4.41. The lowest BCUT2D eigenvalue weighted by atomic mass is 10.0. The lowest BCUT2D eigenvalue weighted by Crippen LogP contribution is -2.28. The van der Waals surface area contributed by atoms with Gasteiger partial charge in [-0.05, 0) is 50.6 Å². The first-order chi connectivity index (χ1) is 11.7. The van der Waals surface area contributed by atoms with E-state index in [1.807, 2.05) is 38.1 Å². The molecule has 4 rings (SSSR count). The summed E-state index contributed by atoms with van der Waals surface area (Å²) >= 11 is 0. The van der Waals surface area contributed by atoms with E-state index in [-0.39, 0.29) is 5.54 Å². The largest absolute Gasteiger partial charge is 0.453 e. The minimum absolute atomic E-state index is 0.218. The van der Waals surface area contributed by atoms with Crippen LogP contribution < -0.4 is 9.64 Å². The van der Waals surface area contributed by atoms with Crippen LogP contribution in [-0.2, 0) is 6.18 Å². The monoisotopic (exact) mass is 346 g/mol. The van der Waals surface area contributed by atoms with Crippen molar-refractivity contribution in [3.8, 4) is 11.5 Å². The van der Waals surface area contributed by atoms with Gasteiger partial charge in [-0.15, -0.1) is 0 Å². The summed E-state index contributed by atoms with van der Waals surface area (Å²) in [5.41, 5.74) is 0.178. The zero-order chi connectivity index (χ0) is 17.8. The molecule has 0 N–H and O–H groups in total. The van der Waals surface area contributed by atoms with Crippen molar-refractivity contribution in [2.75, 3.05) is 4.90 Å². The molecule has 0 bridgehead atoms.